The molecule has 0 bridgehead atoms. The number of nitrogens with one attached hydrogen (secondary N) is 1. The van der Waals surface area contributed by atoms with Gasteiger partial charge in [0.15, 0.2) is 5.69 Å². The molecular weight excluding hydrogens is 508 g/mol. The first kappa shape index (κ1) is 27.6. The number of amides is 4. The first-order valence-corrected chi connectivity index (χ1v) is 13.0. The average Bonchev–Trinajstić information content (AvgIpc) is 3.36. The van der Waals surface area contributed by atoms with E-state index < -0.39 is 29.9 Å². The average molecular weight is 541 g/mol. The van der Waals surface area contributed by atoms with E-state index in [1.807, 2.05) is 6.07 Å². The second-order valence-corrected chi connectivity index (χ2v) is 9.28. The summed E-state index contributed by atoms with van der Waals surface area (Å²) in [5.41, 5.74) is 0.746. The highest BCUT2D eigenvalue weighted by molar-refractivity contribution is 6.00. The van der Waals surface area contributed by atoms with Crippen LogP contribution in [0.15, 0.2) is 36.4 Å². The summed E-state index contributed by atoms with van der Waals surface area (Å²) in [6.07, 6.45) is -0.0222. The number of hydrogen-bond donors (Lipinski definition) is 2. The fourth-order valence-electron chi connectivity index (χ4n) is 4.39. The lowest BCUT2D eigenvalue weighted by Crippen LogP contribution is -2.56. The third kappa shape index (κ3) is 6.54. The molecule has 2 fully saturated rings. The highest BCUT2D eigenvalue weighted by Crippen LogP contribution is 2.18. The standard InChI is InChI=1S/C26H32N6O7/c1-2-39-26(38)31-15-13-30(14-16-31)24(36)19(9-10-22(33)34)27-23(35)20-17-21(25(37)29-11-6-12-29)32(28-20)18-7-4-3-5-8-18/h3-5,7-8,17,19H,2,6,9-16H2,1H3,(H,27,35)(H,33,34). The second kappa shape index (κ2) is 12.4. The Balaban J connectivity index is 1.51. The van der Waals surface area contributed by atoms with Crippen LogP contribution in [0.25, 0.3) is 5.69 Å². The van der Waals surface area contributed by atoms with Crippen LogP contribution in [0, 0.1) is 0 Å². The minimum Gasteiger partial charge on any atom is -0.481 e. The van der Waals surface area contributed by atoms with Gasteiger partial charge in [0.05, 0.1) is 12.3 Å². The Morgan fingerprint density at radius 2 is 1.64 bits per heavy atom. The predicted molar refractivity (Wildman–Crippen MR) is 137 cm³/mol. The number of carboxylic acids is 1. The zero-order chi connectivity index (χ0) is 27.9. The summed E-state index contributed by atoms with van der Waals surface area (Å²) in [4.78, 5) is 67.5. The maximum Gasteiger partial charge on any atom is 0.409 e. The molecule has 4 amide bonds. The van der Waals surface area contributed by atoms with Crippen molar-refractivity contribution in [1.29, 1.82) is 0 Å². The lowest BCUT2D eigenvalue weighted by Gasteiger charge is -2.35. The van der Waals surface area contributed by atoms with Gasteiger partial charge in [0.25, 0.3) is 11.8 Å². The summed E-state index contributed by atoms with van der Waals surface area (Å²) in [5.74, 6) is -2.51. The highest BCUT2D eigenvalue weighted by Gasteiger charge is 2.32. The number of hydrogen-bond acceptors (Lipinski definition) is 7. The third-order valence-electron chi connectivity index (χ3n) is 6.67. The van der Waals surface area contributed by atoms with Gasteiger partial charge in [0, 0.05) is 51.8 Å². The molecule has 2 aromatic rings. The molecule has 2 N–H and O–H groups in total. The van der Waals surface area contributed by atoms with E-state index in [1.165, 1.54) is 20.5 Å². The summed E-state index contributed by atoms with van der Waals surface area (Å²) in [5, 5.41) is 16.2. The quantitative estimate of drug-likeness (QED) is 0.477. The minimum atomic E-state index is -1.13. The maximum absolute atomic E-state index is 13.3. The van der Waals surface area contributed by atoms with Crippen molar-refractivity contribution in [3.8, 4) is 5.69 Å². The molecule has 0 radical (unpaired) electrons. The number of benzene rings is 1. The van der Waals surface area contributed by atoms with E-state index in [0.29, 0.717) is 18.8 Å². The molecule has 39 heavy (non-hydrogen) atoms. The van der Waals surface area contributed by atoms with Gasteiger partial charge in [-0.1, -0.05) is 18.2 Å². The number of ether oxygens (including phenoxy) is 1. The largest absolute Gasteiger partial charge is 0.481 e. The van der Waals surface area contributed by atoms with E-state index in [0.717, 1.165) is 6.42 Å². The van der Waals surface area contributed by atoms with Gasteiger partial charge in [-0.2, -0.15) is 5.10 Å². The Morgan fingerprint density at radius 3 is 2.23 bits per heavy atom. The first-order chi connectivity index (χ1) is 18.8. The van der Waals surface area contributed by atoms with Crippen molar-refractivity contribution in [1.82, 2.24) is 29.8 Å². The number of para-hydroxylation sites is 1. The lowest BCUT2D eigenvalue weighted by molar-refractivity contribution is -0.138. The van der Waals surface area contributed by atoms with Crippen LogP contribution in [-0.4, -0.2) is 111 Å². The van der Waals surface area contributed by atoms with Crippen LogP contribution in [-0.2, 0) is 14.3 Å². The summed E-state index contributed by atoms with van der Waals surface area (Å²) >= 11 is 0. The van der Waals surface area contributed by atoms with Crippen LogP contribution >= 0.6 is 0 Å². The Bertz CT molecular complexity index is 1220. The molecule has 0 saturated carbocycles. The fourth-order valence-corrected chi connectivity index (χ4v) is 4.39. The molecule has 1 aromatic carbocycles. The number of aliphatic carboxylic acids is 1. The molecule has 2 saturated heterocycles. The van der Waals surface area contributed by atoms with E-state index in [4.69, 9.17) is 4.74 Å². The summed E-state index contributed by atoms with van der Waals surface area (Å²) in [6, 6.07) is 9.18. The number of nitrogens with zero attached hydrogens (tertiary/aromatic N) is 5. The number of carboxylic acid groups (broad SMARTS) is 1. The molecule has 1 atom stereocenters. The van der Waals surface area contributed by atoms with Crippen LogP contribution in [0.4, 0.5) is 4.79 Å². The molecule has 208 valence electrons. The van der Waals surface area contributed by atoms with Crippen molar-refractivity contribution < 1.29 is 33.8 Å². The molecule has 1 unspecified atom stereocenters. The molecule has 13 heteroatoms. The van der Waals surface area contributed by atoms with Gasteiger partial charge in [-0.05, 0) is 31.9 Å². The third-order valence-corrected chi connectivity index (χ3v) is 6.67. The van der Waals surface area contributed by atoms with E-state index in [2.05, 4.69) is 10.4 Å². The van der Waals surface area contributed by atoms with Crippen molar-refractivity contribution >= 4 is 29.8 Å². The monoisotopic (exact) mass is 540 g/mol. The van der Waals surface area contributed by atoms with Gasteiger partial charge in [0.2, 0.25) is 5.91 Å². The Kier molecular flexibility index (Phi) is 8.79. The summed E-state index contributed by atoms with van der Waals surface area (Å²) in [7, 11) is 0. The van der Waals surface area contributed by atoms with Gasteiger partial charge in [-0.3, -0.25) is 19.2 Å². The lowest BCUT2D eigenvalue weighted by atomic mass is 10.1. The van der Waals surface area contributed by atoms with Crippen molar-refractivity contribution in [3.05, 3.63) is 47.8 Å². The zero-order valence-electron chi connectivity index (χ0n) is 21.7. The summed E-state index contributed by atoms with van der Waals surface area (Å²) in [6.45, 7) is 4.14. The number of likely N-dealkylation sites (tertiary alicyclic amines) is 1. The molecule has 1 aromatic heterocycles. The van der Waals surface area contributed by atoms with Crippen LogP contribution in [0.3, 0.4) is 0 Å². The van der Waals surface area contributed by atoms with Crippen LogP contribution in [0.5, 0.6) is 0 Å². The minimum absolute atomic E-state index is 0.0667. The van der Waals surface area contributed by atoms with Crippen molar-refractivity contribution in [3.63, 3.8) is 0 Å². The van der Waals surface area contributed by atoms with Crippen molar-refractivity contribution in [2.75, 3.05) is 45.9 Å². The van der Waals surface area contributed by atoms with Gasteiger partial charge in [-0.15, -0.1) is 0 Å². The molecule has 13 nitrogen and oxygen atoms in total. The SMILES string of the molecule is CCOC(=O)N1CCN(C(=O)C(CCC(=O)O)NC(=O)c2cc(C(=O)N3CCC3)n(-c3ccccc3)n2)CC1. The number of aromatic nitrogens is 2. The maximum atomic E-state index is 13.3. The van der Waals surface area contributed by atoms with E-state index >= 15 is 0 Å². The molecule has 0 aliphatic carbocycles. The van der Waals surface area contributed by atoms with E-state index in [9.17, 15) is 29.1 Å². The van der Waals surface area contributed by atoms with Gasteiger partial charge >= 0.3 is 12.1 Å². The van der Waals surface area contributed by atoms with E-state index in [1.54, 1.807) is 36.1 Å². The second-order valence-electron chi connectivity index (χ2n) is 9.28. The number of carbonyl (C=O) groups excluding carboxylic acids is 4. The van der Waals surface area contributed by atoms with Crippen molar-refractivity contribution in [2.45, 2.75) is 32.2 Å². The van der Waals surface area contributed by atoms with Gasteiger partial charge < -0.3 is 29.9 Å². The fraction of sp³-hybridized carbons (Fsp3) is 0.462. The van der Waals surface area contributed by atoms with Gasteiger partial charge in [-0.25, -0.2) is 9.48 Å². The molecule has 3 heterocycles. The zero-order valence-corrected chi connectivity index (χ0v) is 21.7. The molecule has 2 aliphatic heterocycles. The molecular formula is C26H32N6O7. The van der Waals surface area contributed by atoms with Crippen LogP contribution in [0.1, 0.15) is 47.2 Å². The summed E-state index contributed by atoms with van der Waals surface area (Å²) < 4.78 is 6.40. The van der Waals surface area contributed by atoms with Crippen LogP contribution in [0.2, 0.25) is 0 Å². The first-order valence-electron chi connectivity index (χ1n) is 13.0. The van der Waals surface area contributed by atoms with Crippen molar-refractivity contribution in [2.24, 2.45) is 0 Å². The highest BCUT2D eigenvalue weighted by atomic mass is 16.6. The van der Waals surface area contributed by atoms with E-state index in [-0.39, 0.29) is 62.9 Å². The topological polar surface area (TPSA) is 154 Å². The smallest absolute Gasteiger partial charge is 0.409 e. The number of carbonyl (C=O) groups is 5. The molecule has 4 rings (SSSR count). The number of rotatable bonds is 9. The number of piperazine rings is 1. The Labute approximate surface area is 225 Å². The Morgan fingerprint density at radius 1 is 0.974 bits per heavy atom. The molecule has 0 spiro atoms. The van der Waals surface area contributed by atoms with Crippen LogP contribution < -0.4 is 5.32 Å². The van der Waals surface area contributed by atoms with Gasteiger partial charge in [0.1, 0.15) is 11.7 Å². The Hall–Kier alpha value is -4.42. The normalized spacial score (nSPS) is 15.8. The predicted octanol–water partition coefficient (Wildman–Crippen LogP) is 0.982. The molecule has 2 aliphatic rings.